The van der Waals surface area contributed by atoms with Gasteiger partial charge in [0.05, 0.1) is 13.0 Å². The Morgan fingerprint density at radius 3 is 2.69 bits per heavy atom. The molecule has 1 fully saturated rings. The van der Waals surface area contributed by atoms with Gasteiger partial charge in [0.25, 0.3) is 0 Å². The molecular formula is C10H19N3O3. The first kappa shape index (κ1) is 12.8. The molecule has 1 aliphatic heterocycles. The molecule has 1 amide bonds. The number of amidine groups is 1. The number of piperidine rings is 1. The summed E-state index contributed by atoms with van der Waals surface area (Å²) < 4.78 is 4.86. The number of methoxy groups -OCH3 is 1. The lowest BCUT2D eigenvalue weighted by Gasteiger charge is -2.31. The van der Waals surface area contributed by atoms with Crippen molar-refractivity contribution < 1.29 is 14.7 Å². The average Bonchev–Trinajstić information content (AvgIpc) is 2.35. The molecule has 0 aromatic carbocycles. The topological polar surface area (TPSA) is 88.2 Å². The smallest absolute Gasteiger partial charge is 0.224 e. The third kappa shape index (κ3) is 3.37. The number of amides is 1. The SMILES string of the molecule is COCCC(=O)N1CCC(C(N)=NO)CC1. The summed E-state index contributed by atoms with van der Waals surface area (Å²) in [6, 6.07) is 0. The van der Waals surface area contributed by atoms with Gasteiger partial charge in [0, 0.05) is 26.1 Å². The summed E-state index contributed by atoms with van der Waals surface area (Å²) >= 11 is 0. The van der Waals surface area contributed by atoms with Crippen LogP contribution in [0, 0.1) is 5.92 Å². The summed E-state index contributed by atoms with van der Waals surface area (Å²) in [6.45, 7) is 1.80. The van der Waals surface area contributed by atoms with Gasteiger partial charge in [-0.3, -0.25) is 4.79 Å². The van der Waals surface area contributed by atoms with Gasteiger partial charge in [-0.2, -0.15) is 0 Å². The van der Waals surface area contributed by atoms with E-state index in [1.807, 2.05) is 0 Å². The number of oxime groups is 1. The molecule has 0 unspecified atom stereocenters. The van der Waals surface area contributed by atoms with Crippen LogP contribution >= 0.6 is 0 Å². The summed E-state index contributed by atoms with van der Waals surface area (Å²) in [4.78, 5) is 13.4. The molecule has 3 N–H and O–H groups in total. The van der Waals surface area contributed by atoms with Crippen molar-refractivity contribution in [3.8, 4) is 0 Å². The normalized spacial score (nSPS) is 18.8. The predicted octanol–water partition coefficient (Wildman–Crippen LogP) is 0.00790. The number of carbonyl (C=O) groups excluding carboxylic acids is 1. The summed E-state index contributed by atoms with van der Waals surface area (Å²) in [5.74, 6) is 0.472. The molecule has 92 valence electrons. The van der Waals surface area contributed by atoms with Crippen LogP contribution in [0.3, 0.4) is 0 Å². The number of hydrogen-bond donors (Lipinski definition) is 2. The molecular weight excluding hydrogens is 210 g/mol. The van der Waals surface area contributed by atoms with Crippen LogP contribution in [-0.2, 0) is 9.53 Å². The summed E-state index contributed by atoms with van der Waals surface area (Å²) in [7, 11) is 1.58. The molecule has 0 aliphatic carbocycles. The molecule has 0 radical (unpaired) electrons. The Hall–Kier alpha value is -1.30. The van der Waals surface area contributed by atoms with Crippen LogP contribution in [0.2, 0.25) is 0 Å². The van der Waals surface area contributed by atoms with Gasteiger partial charge in [-0.15, -0.1) is 0 Å². The number of rotatable bonds is 4. The van der Waals surface area contributed by atoms with Crippen LogP contribution in [0.5, 0.6) is 0 Å². The van der Waals surface area contributed by atoms with Crippen molar-refractivity contribution in [1.29, 1.82) is 0 Å². The van der Waals surface area contributed by atoms with E-state index >= 15 is 0 Å². The van der Waals surface area contributed by atoms with Crippen molar-refractivity contribution >= 4 is 11.7 Å². The standard InChI is InChI=1S/C10H19N3O3/c1-16-7-4-9(14)13-5-2-8(3-6-13)10(11)12-15/h8,15H,2-7H2,1H3,(H2,11,12). The maximum Gasteiger partial charge on any atom is 0.224 e. The first-order valence-corrected chi connectivity index (χ1v) is 5.43. The van der Waals surface area contributed by atoms with Crippen molar-refractivity contribution in [2.75, 3.05) is 26.8 Å². The van der Waals surface area contributed by atoms with E-state index < -0.39 is 0 Å². The Morgan fingerprint density at radius 1 is 1.56 bits per heavy atom. The predicted molar refractivity (Wildman–Crippen MR) is 59.2 cm³/mol. The summed E-state index contributed by atoms with van der Waals surface area (Å²) in [5, 5.41) is 11.5. The highest BCUT2D eigenvalue weighted by molar-refractivity contribution is 5.83. The number of hydrogen-bond acceptors (Lipinski definition) is 4. The number of ether oxygens (including phenoxy) is 1. The molecule has 6 nitrogen and oxygen atoms in total. The number of likely N-dealkylation sites (tertiary alicyclic amines) is 1. The van der Waals surface area contributed by atoms with E-state index in [0.717, 1.165) is 12.8 Å². The first-order chi connectivity index (χ1) is 7.69. The zero-order chi connectivity index (χ0) is 12.0. The Bertz CT molecular complexity index is 260. The Labute approximate surface area is 95.0 Å². The summed E-state index contributed by atoms with van der Waals surface area (Å²) in [5.41, 5.74) is 5.53. The fourth-order valence-electron chi connectivity index (χ4n) is 1.85. The maximum absolute atomic E-state index is 11.6. The maximum atomic E-state index is 11.6. The second-order valence-electron chi connectivity index (χ2n) is 3.92. The molecule has 0 atom stereocenters. The Morgan fingerprint density at radius 2 is 2.19 bits per heavy atom. The monoisotopic (exact) mass is 229 g/mol. The van der Waals surface area contributed by atoms with Crippen LogP contribution in [0.25, 0.3) is 0 Å². The van der Waals surface area contributed by atoms with Gasteiger partial charge in [0.1, 0.15) is 5.84 Å². The van der Waals surface area contributed by atoms with Crippen molar-refractivity contribution in [3.63, 3.8) is 0 Å². The fourth-order valence-corrected chi connectivity index (χ4v) is 1.85. The highest BCUT2D eigenvalue weighted by Gasteiger charge is 2.24. The Kier molecular flexibility index (Phi) is 5.04. The lowest BCUT2D eigenvalue weighted by molar-refractivity contribution is -0.133. The van der Waals surface area contributed by atoms with Crippen molar-refractivity contribution in [3.05, 3.63) is 0 Å². The van der Waals surface area contributed by atoms with Crippen molar-refractivity contribution in [2.45, 2.75) is 19.3 Å². The largest absolute Gasteiger partial charge is 0.409 e. The highest BCUT2D eigenvalue weighted by Crippen LogP contribution is 2.17. The quantitative estimate of drug-likeness (QED) is 0.307. The highest BCUT2D eigenvalue weighted by atomic mass is 16.5. The minimum atomic E-state index is 0.0940. The molecule has 0 bridgehead atoms. The summed E-state index contributed by atoms with van der Waals surface area (Å²) in [6.07, 6.45) is 1.94. The average molecular weight is 229 g/mol. The van der Waals surface area contributed by atoms with E-state index in [1.54, 1.807) is 12.0 Å². The van der Waals surface area contributed by atoms with Crippen LogP contribution in [0.1, 0.15) is 19.3 Å². The van der Waals surface area contributed by atoms with Gasteiger partial charge < -0.3 is 20.6 Å². The molecule has 0 spiro atoms. The van der Waals surface area contributed by atoms with Gasteiger partial charge >= 0.3 is 0 Å². The lowest BCUT2D eigenvalue weighted by atomic mass is 9.96. The minimum Gasteiger partial charge on any atom is -0.409 e. The van der Waals surface area contributed by atoms with E-state index in [0.29, 0.717) is 26.1 Å². The molecule has 1 heterocycles. The molecule has 0 aromatic heterocycles. The minimum absolute atomic E-state index is 0.0940. The Balaban J connectivity index is 2.34. The number of nitrogens with zero attached hydrogens (tertiary/aromatic N) is 2. The molecule has 6 heteroatoms. The van der Waals surface area contributed by atoms with Gasteiger partial charge in [-0.05, 0) is 12.8 Å². The van der Waals surface area contributed by atoms with Crippen LogP contribution in [-0.4, -0.2) is 48.7 Å². The van der Waals surface area contributed by atoms with Crippen molar-refractivity contribution in [2.24, 2.45) is 16.8 Å². The molecule has 0 aromatic rings. The van der Waals surface area contributed by atoms with Gasteiger partial charge in [0.15, 0.2) is 0 Å². The van der Waals surface area contributed by atoms with E-state index in [9.17, 15) is 4.79 Å². The van der Waals surface area contributed by atoms with E-state index in [2.05, 4.69) is 5.16 Å². The number of nitrogens with two attached hydrogens (primary N) is 1. The fraction of sp³-hybridized carbons (Fsp3) is 0.800. The van der Waals surface area contributed by atoms with E-state index in [-0.39, 0.29) is 17.7 Å². The molecule has 16 heavy (non-hydrogen) atoms. The van der Waals surface area contributed by atoms with Gasteiger partial charge in [-0.1, -0.05) is 5.16 Å². The van der Waals surface area contributed by atoms with Crippen LogP contribution in [0.15, 0.2) is 5.16 Å². The van der Waals surface area contributed by atoms with Crippen molar-refractivity contribution in [1.82, 2.24) is 4.90 Å². The van der Waals surface area contributed by atoms with Crippen LogP contribution in [0.4, 0.5) is 0 Å². The third-order valence-corrected chi connectivity index (χ3v) is 2.90. The third-order valence-electron chi connectivity index (χ3n) is 2.90. The first-order valence-electron chi connectivity index (χ1n) is 5.43. The zero-order valence-corrected chi connectivity index (χ0v) is 9.56. The second-order valence-corrected chi connectivity index (χ2v) is 3.92. The molecule has 0 saturated carbocycles. The lowest BCUT2D eigenvalue weighted by Crippen LogP contribution is -2.42. The second kappa shape index (κ2) is 6.32. The van der Waals surface area contributed by atoms with Crippen LogP contribution < -0.4 is 5.73 Å². The molecule has 1 saturated heterocycles. The molecule has 1 aliphatic rings. The van der Waals surface area contributed by atoms with E-state index in [4.69, 9.17) is 15.7 Å². The zero-order valence-electron chi connectivity index (χ0n) is 9.56. The molecule has 1 rings (SSSR count). The van der Waals surface area contributed by atoms with Gasteiger partial charge in [0.2, 0.25) is 5.91 Å². The number of carbonyl (C=O) groups is 1. The van der Waals surface area contributed by atoms with E-state index in [1.165, 1.54) is 0 Å². The van der Waals surface area contributed by atoms with Gasteiger partial charge in [-0.25, -0.2) is 0 Å².